The Labute approximate surface area is 294 Å². The third-order valence-electron chi connectivity index (χ3n) is 9.00. The first-order valence-electron chi connectivity index (χ1n) is 17.0. The molecule has 0 aliphatic carbocycles. The smallest absolute Gasteiger partial charge is 0.0468 e. The number of hydrogen-bond donors (Lipinski definition) is 0. The van der Waals surface area contributed by atoms with Gasteiger partial charge >= 0.3 is 0 Å². The summed E-state index contributed by atoms with van der Waals surface area (Å²) in [4.78, 5) is 4.60. The highest BCUT2D eigenvalue weighted by Gasteiger charge is 2.15. The van der Waals surface area contributed by atoms with Crippen LogP contribution in [0.5, 0.6) is 0 Å². The molecule has 238 valence electrons. The van der Waals surface area contributed by atoms with Crippen molar-refractivity contribution >= 4 is 56.5 Å². The Morgan fingerprint density at radius 2 is 0.680 bits per heavy atom. The average molecular weight is 641 g/mol. The van der Waals surface area contributed by atoms with Crippen molar-refractivity contribution in [2.75, 3.05) is 9.80 Å². The molecule has 8 rings (SSSR count). The number of para-hydroxylation sites is 4. The molecule has 0 aliphatic rings. The number of fused-ring (bicyclic) bond motifs is 1. The molecule has 0 radical (unpaired) electrons. The van der Waals surface area contributed by atoms with E-state index in [4.69, 9.17) is 0 Å². The summed E-state index contributed by atoms with van der Waals surface area (Å²) in [7, 11) is 0. The van der Waals surface area contributed by atoms with E-state index >= 15 is 0 Å². The van der Waals surface area contributed by atoms with Gasteiger partial charge in [-0.05, 0) is 118 Å². The summed E-state index contributed by atoms with van der Waals surface area (Å²) < 4.78 is 0. The normalized spacial score (nSPS) is 11.3. The molecule has 50 heavy (non-hydrogen) atoms. The van der Waals surface area contributed by atoms with Gasteiger partial charge in [0, 0.05) is 34.1 Å². The lowest BCUT2D eigenvalue weighted by molar-refractivity contribution is 1.28. The van der Waals surface area contributed by atoms with E-state index < -0.39 is 0 Å². The van der Waals surface area contributed by atoms with Crippen molar-refractivity contribution in [2.24, 2.45) is 0 Å². The summed E-state index contributed by atoms with van der Waals surface area (Å²) >= 11 is 0. The van der Waals surface area contributed by atoms with Gasteiger partial charge in [0.05, 0.1) is 0 Å². The van der Waals surface area contributed by atoms with Gasteiger partial charge in [-0.25, -0.2) is 0 Å². The van der Waals surface area contributed by atoms with Gasteiger partial charge < -0.3 is 9.80 Å². The highest BCUT2D eigenvalue weighted by molar-refractivity contribution is 5.97. The second-order valence-electron chi connectivity index (χ2n) is 12.3. The van der Waals surface area contributed by atoms with Gasteiger partial charge in [0.15, 0.2) is 0 Å². The standard InChI is InChI=1S/C48H36N2/c1-6-16-38(17-7-1)48(34-37-26-31-46(32-27-37)49(42-18-8-2-9-19-42)43-20-10-3-11-21-43)41-29-28-40-36-47(33-30-39(40)35-41)50(44-22-12-4-13-23-44)45-24-14-5-15-25-45/h1-36H/b48-34+. The van der Waals surface area contributed by atoms with Crippen LogP contribution in [-0.2, 0) is 0 Å². The van der Waals surface area contributed by atoms with Crippen LogP contribution in [0, 0.1) is 0 Å². The fourth-order valence-electron chi connectivity index (χ4n) is 6.58. The van der Waals surface area contributed by atoms with E-state index in [9.17, 15) is 0 Å². The summed E-state index contributed by atoms with van der Waals surface area (Å²) in [5.74, 6) is 0. The summed E-state index contributed by atoms with van der Waals surface area (Å²) in [6.45, 7) is 0. The molecular weight excluding hydrogens is 605 g/mol. The van der Waals surface area contributed by atoms with Gasteiger partial charge in [-0.15, -0.1) is 0 Å². The van der Waals surface area contributed by atoms with Crippen molar-refractivity contribution in [3.63, 3.8) is 0 Å². The zero-order chi connectivity index (χ0) is 33.5. The number of hydrogen-bond acceptors (Lipinski definition) is 2. The first-order valence-corrected chi connectivity index (χ1v) is 17.0. The summed E-state index contributed by atoms with van der Waals surface area (Å²) in [5.41, 5.74) is 11.4. The van der Waals surface area contributed by atoms with Crippen LogP contribution in [0.3, 0.4) is 0 Å². The molecule has 0 aliphatic heterocycles. The Bertz CT molecular complexity index is 2260. The second kappa shape index (κ2) is 14.2. The number of benzene rings is 8. The Hall–Kier alpha value is -6.64. The Morgan fingerprint density at radius 1 is 0.300 bits per heavy atom. The molecule has 0 bridgehead atoms. The molecule has 0 saturated carbocycles. The van der Waals surface area contributed by atoms with Crippen molar-refractivity contribution in [1.82, 2.24) is 0 Å². The Morgan fingerprint density at radius 3 is 1.18 bits per heavy atom. The van der Waals surface area contributed by atoms with E-state index in [1.807, 2.05) is 0 Å². The van der Waals surface area contributed by atoms with Crippen molar-refractivity contribution in [3.05, 3.63) is 229 Å². The lowest BCUT2D eigenvalue weighted by atomic mass is 9.93. The van der Waals surface area contributed by atoms with Gasteiger partial charge in [-0.2, -0.15) is 0 Å². The van der Waals surface area contributed by atoms with Crippen molar-refractivity contribution in [3.8, 4) is 0 Å². The number of anilines is 6. The van der Waals surface area contributed by atoms with E-state index in [1.54, 1.807) is 0 Å². The van der Waals surface area contributed by atoms with E-state index in [1.165, 1.54) is 27.5 Å². The van der Waals surface area contributed by atoms with Crippen LogP contribution in [-0.4, -0.2) is 0 Å². The van der Waals surface area contributed by atoms with Gasteiger partial charge in [0.2, 0.25) is 0 Å². The molecule has 0 heterocycles. The fourth-order valence-corrected chi connectivity index (χ4v) is 6.58. The van der Waals surface area contributed by atoms with Crippen molar-refractivity contribution in [2.45, 2.75) is 0 Å². The van der Waals surface area contributed by atoms with Crippen LogP contribution in [0.2, 0.25) is 0 Å². The molecular formula is C48H36N2. The lowest BCUT2D eigenvalue weighted by Crippen LogP contribution is -2.09. The molecule has 0 fully saturated rings. The Kier molecular flexibility index (Phi) is 8.73. The van der Waals surface area contributed by atoms with Crippen LogP contribution in [0.15, 0.2) is 212 Å². The molecule has 0 N–H and O–H groups in total. The van der Waals surface area contributed by atoms with Crippen molar-refractivity contribution in [1.29, 1.82) is 0 Å². The fraction of sp³-hybridized carbons (Fsp3) is 0. The molecule has 8 aromatic carbocycles. The van der Waals surface area contributed by atoms with Crippen LogP contribution in [0.25, 0.3) is 22.4 Å². The zero-order valence-corrected chi connectivity index (χ0v) is 27.7. The summed E-state index contributed by atoms with van der Waals surface area (Å²) in [6.07, 6.45) is 2.30. The maximum absolute atomic E-state index is 2.31. The van der Waals surface area contributed by atoms with E-state index in [2.05, 4.69) is 228 Å². The minimum atomic E-state index is 1.11. The van der Waals surface area contributed by atoms with Gasteiger partial charge in [-0.3, -0.25) is 0 Å². The average Bonchev–Trinajstić information content (AvgIpc) is 3.19. The summed E-state index contributed by atoms with van der Waals surface area (Å²) in [5, 5.41) is 2.40. The second-order valence-corrected chi connectivity index (χ2v) is 12.3. The predicted octanol–water partition coefficient (Wildman–Crippen LogP) is 13.4. The maximum atomic E-state index is 2.31. The van der Waals surface area contributed by atoms with Crippen LogP contribution >= 0.6 is 0 Å². The largest absolute Gasteiger partial charge is 0.311 e. The van der Waals surface area contributed by atoms with Gasteiger partial charge in [0.25, 0.3) is 0 Å². The van der Waals surface area contributed by atoms with E-state index in [-0.39, 0.29) is 0 Å². The maximum Gasteiger partial charge on any atom is 0.0468 e. The lowest BCUT2D eigenvalue weighted by Gasteiger charge is -2.25. The van der Waals surface area contributed by atoms with Crippen molar-refractivity contribution < 1.29 is 0 Å². The SMILES string of the molecule is C(=C(/c1ccccc1)c1ccc2cc(N(c3ccccc3)c3ccccc3)ccc2c1)/c1ccc(N(c2ccccc2)c2ccccc2)cc1. The highest BCUT2D eigenvalue weighted by Crippen LogP contribution is 2.38. The highest BCUT2D eigenvalue weighted by atomic mass is 15.1. The molecule has 0 amide bonds. The molecule has 0 aromatic heterocycles. The minimum absolute atomic E-state index is 1.11. The van der Waals surface area contributed by atoms with E-state index in [0.717, 1.165) is 39.7 Å². The summed E-state index contributed by atoms with van der Waals surface area (Å²) in [6, 6.07) is 75.3. The molecule has 8 aromatic rings. The van der Waals surface area contributed by atoms with Gasteiger partial charge in [0.1, 0.15) is 0 Å². The van der Waals surface area contributed by atoms with Crippen LogP contribution < -0.4 is 9.80 Å². The quantitative estimate of drug-likeness (QED) is 0.145. The molecule has 2 heteroatoms. The van der Waals surface area contributed by atoms with Crippen LogP contribution in [0.1, 0.15) is 16.7 Å². The minimum Gasteiger partial charge on any atom is -0.311 e. The predicted molar refractivity (Wildman–Crippen MR) is 213 cm³/mol. The van der Waals surface area contributed by atoms with E-state index in [0.29, 0.717) is 0 Å². The number of nitrogens with zero attached hydrogens (tertiary/aromatic N) is 2. The topological polar surface area (TPSA) is 6.48 Å². The number of rotatable bonds is 9. The zero-order valence-electron chi connectivity index (χ0n) is 27.7. The molecule has 0 saturated heterocycles. The third kappa shape index (κ3) is 6.56. The van der Waals surface area contributed by atoms with Crippen LogP contribution in [0.4, 0.5) is 34.1 Å². The third-order valence-corrected chi connectivity index (χ3v) is 9.00. The first-order chi connectivity index (χ1) is 24.8. The van der Waals surface area contributed by atoms with Gasteiger partial charge in [-0.1, -0.05) is 133 Å². The Balaban J connectivity index is 1.16. The molecule has 2 nitrogen and oxygen atoms in total. The molecule has 0 spiro atoms. The molecule has 0 unspecified atom stereocenters. The molecule has 0 atom stereocenters. The first kappa shape index (κ1) is 30.7. The monoisotopic (exact) mass is 640 g/mol.